The third kappa shape index (κ3) is 2.82. The Hall–Kier alpha value is -1.88. The van der Waals surface area contributed by atoms with Gasteiger partial charge in [-0.15, -0.1) is 0 Å². The number of aromatic nitrogens is 2. The summed E-state index contributed by atoms with van der Waals surface area (Å²) in [5, 5.41) is 3.81. The van der Waals surface area contributed by atoms with Crippen LogP contribution >= 0.6 is 0 Å². The number of rotatable bonds is 4. The second-order valence-corrected chi connectivity index (χ2v) is 4.02. The fourth-order valence-corrected chi connectivity index (χ4v) is 1.29. The van der Waals surface area contributed by atoms with Crippen LogP contribution in [0.2, 0.25) is 0 Å². The normalized spacial score (nSPS) is 10.8. The zero-order valence-corrected chi connectivity index (χ0v) is 9.88. The summed E-state index contributed by atoms with van der Waals surface area (Å²) in [4.78, 5) is 4.12. The van der Waals surface area contributed by atoms with Gasteiger partial charge in [0.2, 0.25) is 0 Å². The van der Waals surface area contributed by atoms with Crippen LogP contribution < -0.4 is 10.5 Å². The van der Waals surface area contributed by atoms with Crippen molar-refractivity contribution in [2.24, 2.45) is 5.73 Å². The monoisotopic (exact) mass is 233 g/mol. The highest BCUT2D eigenvalue weighted by Gasteiger charge is 2.10. The molecule has 0 aliphatic rings. The van der Waals surface area contributed by atoms with Crippen LogP contribution in [0.4, 0.5) is 0 Å². The average Bonchev–Trinajstić information content (AvgIpc) is 2.79. The van der Waals surface area contributed by atoms with E-state index < -0.39 is 0 Å². The van der Waals surface area contributed by atoms with E-state index in [1.54, 1.807) is 0 Å². The molecule has 0 bridgehead atoms. The molecule has 0 atom stereocenters. The molecule has 1 aromatic heterocycles. The smallest absolute Gasteiger partial charge is 0.410 e. The second kappa shape index (κ2) is 4.97. The van der Waals surface area contributed by atoms with Crippen molar-refractivity contribution in [3.8, 4) is 11.8 Å². The van der Waals surface area contributed by atoms with Crippen LogP contribution in [0.15, 0.2) is 28.8 Å². The molecule has 0 unspecified atom stereocenters. The first-order valence-electron chi connectivity index (χ1n) is 5.49. The van der Waals surface area contributed by atoms with Gasteiger partial charge in [-0.1, -0.05) is 31.1 Å². The third-order valence-corrected chi connectivity index (χ3v) is 2.30. The molecule has 0 aliphatic heterocycles. The van der Waals surface area contributed by atoms with Crippen molar-refractivity contribution < 1.29 is 9.26 Å². The van der Waals surface area contributed by atoms with Gasteiger partial charge in [-0.05, 0) is 17.7 Å². The molecule has 0 spiro atoms. The predicted molar refractivity (Wildman–Crippen MR) is 62.8 cm³/mol. The molecule has 5 heteroatoms. The SMILES string of the molecule is CC(C)c1noc(Oc2ccc(CN)cc2)n1. The Morgan fingerprint density at radius 2 is 2.00 bits per heavy atom. The highest BCUT2D eigenvalue weighted by Crippen LogP contribution is 2.21. The molecule has 0 aliphatic carbocycles. The van der Waals surface area contributed by atoms with Gasteiger partial charge in [0.15, 0.2) is 5.82 Å². The van der Waals surface area contributed by atoms with Gasteiger partial charge in [-0.2, -0.15) is 4.98 Å². The number of benzene rings is 1. The summed E-state index contributed by atoms with van der Waals surface area (Å²) in [6.07, 6.45) is 0.161. The van der Waals surface area contributed by atoms with Crippen molar-refractivity contribution in [2.75, 3.05) is 0 Å². The molecule has 90 valence electrons. The topological polar surface area (TPSA) is 74.2 Å². The standard InChI is InChI=1S/C12H15N3O2/c1-8(2)11-14-12(17-15-11)16-10-5-3-9(7-13)4-6-10/h3-6,8H,7,13H2,1-2H3. The van der Waals surface area contributed by atoms with Crippen molar-refractivity contribution in [3.63, 3.8) is 0 Å². The Morgan fingerprint density at radius 1 is 1.29 bits per heavy atom. The summed E-state index contributed by atoms with van der Waals surface area (Å²) in [7, 11) is 0. The Labute approximate surface area is 99.6 Å². The van der Waals surface area contributed by atoms with E-state index in [2.05, 4.69) is 10.1 Å². The minimum Gasteiger partial charge on any atom is -0.410 e. The molecule has 0 amide bonds. The van der Waals surface area contributed by atoms with Gasteiger partial charge in [-0.3, -0.25) is 4.52 Å². The van der Waals surface area contributed by atoms with E-state index in [0.717, 1.165) is 5.56 Å². The first kappa shape index (κ1) is 11.6. The van der Waals surface area contributed by atoms with Crippen molar-refractivity contribution in [2.45, 2.75) is 26.3 Å². The summed E-state index contributed by atoms with van der Waals surface area (Å²) < 4.78 is 10.4. The number of nitrogens with two attached hydrogens (primary N) is 1. The van der Waals surface area contributed by atoms with E-state index in [4.69, 9.17) is 15.0 Å². The van der Waals surface area contributed by atoms with Gasteiger partial charge >= 0.3 is 6.08 Å². The molecular weight excluding hydrogens is 218 g/mol. The molecule has 0 saturated carbocycles. The van der Waals surface area contributed by atoms with Crippen LogP contribution in [0.3, 0.4) is 0 Å². The molecule has 0 saturated heterocycles. The molecular formula is C12H15N3O2. The summed E-state index contributed by atoms with van der Waals surface area (Å²) in [6, 6.07) is 7.44. The zero-order chi connectivity index (χ0) is 12.3. The summed E-state index contributed by atoms with van der Waals surface area (Å²) in [5.41, 5.74) is 6.55. The van der Waals surface area contributed by atoms with E-state index in [-0.39, 0.29) is 12.0 Å². The molecule has 5 nitrogen and oxygen atoms in total. The maximum Gasteiger partial charge on any atom is 0.422 e. The van der Waals surface area contributed by atoms with Gasteiger partial charge in [0.05, 0.1) is 0 Å². The van der Waals surface area contributed by atoms with Crippen molar-refractivity contribution >= 4 is 0 Å². The maximum absolute atomic E-state index is 5.51. The van der Waals surface area contributed by atoms with Gasteiger partial charge in [0.1, 0.15) is 5.75 Å². The van der Waals surface area contributed by atoms with Crippen LogP contribution in [0.1, 0.15) is 31.2 Å². The first-order valence-corrected chi connectivity index (χ1v) is 5.49. The van der Waals surface area contributed by atoms with Crippen LogP contribution in [-0.4, -0.2) is 10.1 Å². The molecule has 1 aromatic carbocycles. The first-order chi connectivity index (χ1) is 8.19. The van der Waals surface area contributed by atoms with E-state index in [9.17, 15) is 0 Å². The Kier molecular flexibility index (Phi) is 3.39. The number of hydrogen-bond donors (Lipinski definition) is 1. The van der Waals surface area contributed by atoms with Crippen LogP contribution in [0.25, 0.3) is 0 Å². The molecule has 17 heavy (non-hydrogen) atoms. The van der Waals surface area contributed by atoms with Gasteiger partial charge in [-0.25, -0.2) is 0 Å². The highest BCUT2D eigenvalue weighted by atomic mass is 16.6. The quantitative estimate of drug-likeness (QED) is 0.877. The van der Waals surface area contributed by atoms with Crippen LogP contribution in [0, 0.1) is 0 Å². The minimum absolute atomic E-state index is 0.161. The van der Waals surface area contributed by atoms with Crippen LogP contribution in [-0.2, 0) is 6.54 Å². The number of nitrogens with zero attached hydrogens (tertiary/aromatic N) is 2. The average molecular weight is 233 g/mol. The lowest BCUT2D eigenvalue weighted by Gasteiger charge is -2.00. The summed E-state index contributed by atoms with van der Waals surface area (Å²) >= 11 is 0. The Bertz CT molecular complexity index is 477. The van der Waals surface area contributed by atoms with E-state index in [1.807, 2.05) is 38.1 Å². The minimum atomic E-state index is 0.161. The van der Waals surface area contributed by atoms with Crippen molar-refractivity contribution in [1.29, 1.82) is 0 Å². The molecule has 2 aromatic rings. The van der Waals surface area contributed by atoms with Gasteiger partial charge < -0.3 is 10.5 Å². The Balaban J connectivity index is 2.08. The van der Waals surface area contributed by atoms with Gasteiger partial charge in [0.25, 0.3) is 0 Å². The van der Waals surface area contributed by atoms with E-state index >= 15 is 0 Å². The fraction of sp³-hybridized carbons (Fsp3) is 0.333. The van der Waals surface area contributed by atoms with E-state index in [0.29, 0.717) is 18.1 Å². The lowest BCUT2D eigenvalue weighted by Crippen LogP contribution is -1.95. The summed E-state index contributed by atoms with van der Waals surface area (Å²) in [6.45, 7) is 4.49. The van der Waals surface area contributed by atoms with Crippen molar-refractivity contribution in [1.82, 2.24) is 10.1 Å². The zero-order valence-electron chi connectivity index (χ0n) is 9.88. The lowest BCUT2D eigenvalue weighted by molar-refractivity contribution is 0.279. The molecule has 0 radical (unpaired) electrons. The third-order valence-electron chi connectivity index (χ3n) is 2.30. The molecule has 0 fully saturated rings. The fourth-order valence-electron chi connectivity index (χ4n) is 1.29. The lowest BCUT2D eigenvalue weighted by atomic mass is 10.2. The molecule has 2 N–H and O–H groups in total. The Morgan fingerprint density at radius 3 is 2.53 bits per heavy atom. The molecule has 1 heterocycles. The van der Waals surface area contributed by atoms with E-state index in [1.165, 1.54) is 0 Å². The summed E-state index contributed by atoms with van der Waals surface area (Å²) in [5.74, 6) is 1.51. The highest BCUT2D eigenvalue weighted by molar-refractivity contribution is 5.28. The number of ether oxygens (including phenoxy) is 1. The second-order valence-electron chi connectivity index (χ2n) is 4.02. The van der Waals surface area contributed by atoms with Crippen molar-refractivity contribution in [3.05, 3.63) is 35.7 Å². The van der Waals surface area contributed by atoms with Gasteiger partial charge in [0, 0.05) is 12.5 Å². The maximum atomic E-state index is 5.51. The largest absolute Gasteiger partial charge is 0.422 e. The van der Waals surface area contributed by atoms with Crippen LogP contribution in [0.5, 0.6) is 11.8 Å². The molecule has 2 rings (SSSR count). The number of hydrogen-bond acceptors (Lipinski definition) is 5. The predicted octanol–water partition coefficient (Wildman–Crippen LogP) is 2.44.